The lowest BCUT2D eigenvalue weighted by Crippen LogP contribution is -2.13. The largest absolute Gasteiger partial charge is 0.332 e. The molecular formula is C19H12F2N4O2S2. The fourth-order valence-electron chi connectivity index (χ4n) is 2.78. The third-order valence-electron chi connectivity index (χ3n) is 4.14. The zero-order chi connectivity index (χ0) is 20.5. The van der Waals surface area contributed by atoms with Gasteiger partial charge in [0.05, 0.1) is 10.9 Å². The summed E-state index contributed by atoms with van der Waals surface area (Å²) in [6.45, 7) is 0. The van der Waals surface area contributed by atoms with Gasteiger partial charge in [-0.3, -0.25) is 19.9 Å². The van der Waals surface area contributed by atoms with E-state index in [1.807, 2.05) is 0 Å². The van der Waals surface area contributed by atoms with Crippen LogP contribution in [-0.2, 0) is 6.42 Å². The Morgan fingerprint density at radius 3 is 2.76 bits per heavy atom. The minimum atomic E-state index is -0.908. The molecule has 6 nitrogen and oxygen atoms in total. The van der Waals surface area contributed by atoms with Gasteiger partial charge in [-0.2, -0.15) is 0 Å². The summed E-state index contributed by atoms with van der Waals surface area (Å²) in [6, 6.07) is 8.30. The first-order valence-electron chi connectivity index (χ1n) is 8.35. The maximum absolute atomic E-state index is 13.3. The summed E-state index contributed by atoms with van der Waals surface area (Å²) in [5.74, 6) is -2.21. The number of nitrogens with zero attached hydrogens (tertiary/aromatic N) is 1. The highest BCUT2D eigenvalue weighted by atomic mass is 32.1. The number of halogens is 2. The van der Waals surface area contributed by atoms with Crippen molar-refractivity contribution in [2.45, 2.75) is 6.42 Å². The Labute approximate surface area is 171 Å². The number of carbonyl (C=O) groups excluding carboxylic acids is 1. The van der Waals surface area contributed by atoms with E-state index >= 15 is 0 Å². The number of fused-ring (bicyclic) bond motifs is 1. The smallest absolute Gasteiger partial charge is 0.259 e. The molecule has 4 rings (SSSR count). The van der Waals surface area contributed by atoms with Crippen LogP contribution >= 0.6 is 23.6 Å². The van der Waals surface area contributed by atoms with Gasteiger partial charge < -0.3 is 4.98 Å². The summed E-state index contributed by atoms with van der Waals surface area (Å²) in [7, 11) is 0. The van der Waals surface area contributed by atoms with Crippen LogP contribution in [0.15, 0.2) is 47.4 Å². The highest BCUT2D eigenvalue weighted by Gasteiger charge is 2.12. The zero-order valence-electron chi connectivity index (χ0n) is 14.6. The van der Waals surface area contributed by atoms with Crippen molar-refractivity contribution in [3.05, 3.63) is 85.4 Å². The molecule has 0 radical (unpaired) electrons. The molecule has 29 heavy (non-hydrogen) atoms. The summed E-state index contributed by atoms with van der Waals surface area (Å²) in [5.41, 5.74) is 1.04. The van der Waals surface area contributed by atoms with Gasteiger partial charge in [0, 0.05) is 23.1 Å². The van der Waals surface area contributed by atoms with Crippen molar-refractivity contribution in [2.75, 3.05) is 5.32 Å². The maximum Gasteiger partial charge on any atom is 0.259 e. The van der Waals surface area contributed by atoms with Crippen LogP contribution in [0.5, 0.6) is 0 Å². The average molecular weight is 430 g/mol. The molecule has 2 aromatic carbocycles. The molecule has 3 N–H and O–H groups in total. The van der Waals surface area contributed by atoms with Crippen molar-refractivity contribution in [2.24, 2.45) is 0 Å². The van der Waals surface area contributed by atoms with Crippen LogP contribution in [-0.4, -0.2) is 20.9 Å². The lowest BCUT2D eigenvalue weighted by atomic mass is 10.1. The Kier molecular flexibility index (Phi) is 5.03. The van der Waals surface area contributed by atoms with E-state index in [4.69, 9.17) is 12.2 Å². The highest BCUT2D eigenvalue weighted by Crippen LogP contribution is 2.23. The Balaban J connectivity index is 1.51. The average Bonchev–Trinajstić information content (AvgIpc) is 3.11. The molecule has 0 aliphatic heterocycles. The van der Waals surface area contributed by atoms with Gasteiger partial charge in [-0.25, -0.2) is 13.8 Å². The van der Waals surface area contributed by atoms with Crippen molar-refractivity contribution >= 4 is 45.5 Å². The number of hydrogen-bond donors (Lipinski definition) is 3. The van der Waals surface area contributed by atoms with Crippen LogP contribution < -0.4 is 10.9 Å². The van der Waals surface area contributed by atoms with Crippen molar-refractivity contribution in [1.82, 2.24) is 15.0 Å². The van der Waals surface area contributed by atoms with Gasteiger partial charge in [0.15, 0.2) is 21.5 Å². The number of benzene rings is 2. The van der Waals surface area contributed by atoms with Gasteiger partial charge in [-0.15, -0.1) is 11.3 Å². The second-order valence-corrected chi connectivity index (χ2v) is 7.70. The molecule has 2 heterocycles. The van der Waals surface area contributed by atoms with Crippen LogP contribution in [0.25, 0.3) is 10.9 Å². The van der Waals surface area contributed by atoms with E-state index in [1.165, 1.54) is 35.6 Å². The van der Waals surface area contributed by atoms with Gasteiger partial charge in [0.25, 0.3) is 11.5 Å². The molecule has 0 saturated carbocycles. The fourth-order valence-corrected chi connectivity index (χ4v) is 3.82. The zero-order valence-corrected chi connectivity index (χ0v) is 16.2. The first-order chi connectivity index (χ1) is 13.9. The number of nitrogens with one attached hydrogen (secondary N) is 3. The predicted octanol–water partition coefficient (Wildman–Crippen LogP) is 4.16. The Hall–Kier alpha value is -3.24. The van der Waals surface area contributed by atoms with Gasteiger partial charge in [-0.1, -0.05) is 6.07 Å². The highest BCUT2D eigenvalue weighted by molar-refractivity contribution is 7.71. The molecule has 0 fully saturated rings. The van der Waals surface area contributed by atoms with Crippen LogP contribution in [0.4, 0.5) is 13.9 Å². The Bertz CT molecular complexity index is 1360. The van der Waals surface area contributed by atoms with E-state index in [-0.39, 0.29) is 10.3 Å². The first kappa shape index (κ1) is 19.1. The van der Waals surface area contributed by atoms with Gasteiger partial charge >= 0.3 is 0 Å². The molecule has 0 bridgehead atoms. The SMILES string of the molecule is O=C(Nc1ncc(Cc2ccc(F)c(F)c2)s1)c1ccc2c(=O)[nH]c(=S)[nH]c2c1. The third-order valence-corrected chi connectivity index (χ3v) is 5.25. The van der Waals surface area contributed by atoms with Crippen LogP contribution in [0, 0.1) is 16.4 Å². The van der Waals surface area contributed by atoms with E-state index in [0.29, 0.717) is 33.6 Å². The van der Waals surface area contributed by atoms with E-state index in [9.17, 15) is 18.4 Å². The van der Waals surface area contributed by atoms with Gasteiger partial charge in [0.2, 0.25) is 0 Å². The van der Waals surface area contributed by atoms with Gasteiger partial charge in [0.1, 0.15) is 0 Å². The quantitative estimate of drug-likeness (QED) is 0.424. The minimum Gasteiger partial charge on any atom is -0.332 e. The molecule has 1 amide bonds. The molecule has 0 atom stereocenters. The lowest BCUT2D eigenvalue weighted by Gasteiger charge is -2.03. The van der Waals surface area contributed by atoms with Gasteiger partial charge in [-0.05, 0) is 48.1 Å². The summed E-state index contributed by atoms with van der Waals surface area (Å²) >= 11 is 6.18. The molecule has 0 spiro atoms. The third kappa shape index (κ3) is 4.13. The molecule has 4 aromatic rings. The molecule has 10 heteroatoms. The molecule has 146 valence electrons. The summed E-state index contributed by atoms with van der Waals surface area (Å²) < 4.78 is 26.5. The first-order valence-corrected chi connectivity index (χ1v) is 9.58. The van der Waals surface area contributed by atoms with Crippen molar-refractivity contribution in [3.8, 4) is 0 Å². The lowest BCUT2D eigenvalue weighted by molar-refractivity contribution is 0.102. The molecular weight excluding hydrogens is 418 g/mol. The number of amides is 1. The molecule has 0 aliphatic carbocycles. The molecule has 0 aliphatic rings. The fraction of sp³-hybridized carbons (Fsp3) is 0.0526. The minimum absolute atomic E-state index is 0.168. The van der Waals surface area contributed by atoms with Crippen LogP contribution in [0.2, 0.25) is 0 Å². The van der Waals surface area contributed by atoms with E-state index < -0.39 is 17.5 Å². The number of anilines is 1. The number of aromatic amines is 2. The molecule has 2 aromatic heterocycles. The number of H-pyrrole nitrogens is 2. The summed E-state index contributed by atoms with van der Waals surface area (Å²) in [6.07, 6.45) is 1.93. The topological polar surface area (TPSA) is 90.6 Å². The van der Waals surface area contributed by atoms with Crippen LogP contribution in [0.3, 0.4) is 0 Å². The molecule has 0 saturated heterocycles. The van der Waals surface area contributed by atoms with E-state index in [2.05, 4.69) is 20.3 Å². The summed E-state index contributed by atoms with van der Waals surface area (Å²) in [5, 5.41) is 3.44. The second-order valence-electron chi connectivity index (χ2n) is 6.18. The van der Waals surface area contributed by atoms with Crippen LogP contribution in [0.1, 0.15) is 20.8 Å². The van der Waals surface area contributed by atoms with E-state index in [1.54, 1.807) is 6.20 Å². The normalized spacial score (nSPS) is 11.0. The Morgan fingerprint density at radius 1 is 1.14 bits per heavy atom. The predicted molar refractivity (Wildman–Crippen MR) is 109 cm³/mol. The number of rotatable bonds is 4. The van der Waals surface area contributed by atoms with Crippen molar-refractivity contribution in [3.63, 3.8) is 0 Å². The van der Waals surface area contributed by atoms with E-state index in [0.717, 1.165) is 17.0 Å². The monoisotopic (exact) mass is 430 g/mol. The number of carbonyl (C=O) groups is 1. The second kappa shape index (κ2) is 7.64. The standard InChI is InChI=1S/C19H12F2N4O2S2/c20-13-4-1-9(6-14(13)21)5-11-8-22-19(29-11)25-16(26)10-2-3-12-15(7-10)23-18(28)24-17(12)27/h1-4,6-8H,5H2,(H,22,25,26)(H2,23,24,27,28). The number of thiazole rings is 1. The number of hydrogen-bond acceptors (Lipinski definition) is 5. The Morgan fingerprint density at radius 2 is 1.97 bits per heavy atom. The maximum atomic E-state index is 13.3. The van der Waals surface area contributed by atoms with Crippen molar-refractivity contribution in [1.29, 1.82) is 0 Å². The molecule has 0 unspecified atom stereocenters. The number of aromatic nitrogens is 3. The van der Waals surface area contributed by atoms with Crippen molar-refractivity contribution < 1.29 is 13.6 Å². The summed E-state index contributed by atoms with van der Waals surface area (Å²) in [4.78, 5) is 34.6.